The van der Waals surface area contributed by atoms with Gasteiger partial charge in [-0.25, -0.2) is 0 Å². The van der Waals surface area contributed by atoms with Crippen molar-refractivity contribution < 1.29 is 9.53 Å². The Morgan fingerprint density at radius 1 is 1.32 bits per heavy atom. The van der Waals surface area contributed by atoms with Crippen molar-refractivity contribution in [3.8, 4) is 0 Å². The SMILES string of the molecule is CCn1c(=O)c(CCC(=O)OC)cc2ccccc21. The number of pyridine rings is 1. The van der Waals surface area contributed by atoms with Crippen LogP contribution in [0, 0.1) is 0 Å². The first kappa shape index (κ1) is 13.3. The standard InChI is InChI=1S/C15H17NO3/c1-3-16-13-7-5-4-6-11(13)10-12(15(16)18)8-9-14(17)19-2/h4-7,10H,3,8-9H2,1-2H3. The monoisotopic (exact) mass is 259 g/mol. The molecule has 0 amide bonds. The molecule has 0 saturated carbocycles. The molecule has 4 nitrogen and oxygen atoms in total. The van der Waals surface area contributed by atoms with E-state index in [2.05, 4.69) is 4.74 Å². The van der Waals surface area contributed by atoms with Crippen LogP contribution in [-0.2, 0) is 22.5 Å². The predicted octanol–water partition coefficient (Wildman–Crippen LogP) is 2.13. The van der Waals surface area contributed by atoms with E-state index in [4.69, 9.17) is 0 Å². The van der Waals surface area contributed by atoms with Crippen molar-refractivity contribution in [1.82, 2.24) is 4.57 Å². The van der Waals surface area contributed by atoms with E-state index < -0.39 is 0 Å². The van der Waals surface area contributed by atoms with Crippen molar-refractivity contribution in [3.63, 3.8) is 0 Å². The van der Waals surface area contributed by atoms with Crippen molar-refractivity contribution >= 4 is 16.9 Å². The van der Waals surface area contributed by atoms with Crippen LogP contribution in [0.1, 0.15) is 18.9 Å². The molecule has 0 unspecified atom stereocenters. The molecule has 0 radical (unpaired) electrons. The van der Waals surface area contributed by atoms with Crippen LogP contribution in [0.15, 0.2) is 35.1 Å². The Kier molecular flexibility index (Phi) is 4.00. The zero-order valence-electron chi connectivity index (χ0n) is 11.2. The highest BCUT2D eigenvalue weighted by molar-refractivity contribution is 5.79. The molecule has 1 aromatic heterocycles. The molecule has 0 fully saturated rings. The first-order valence-electron chi connectivity index (χ1n) is 6.35. The number of aryl methyl sites for hydroxylation is 2. The van der Waals surface area contributed by atoms with Gasteiger partial charge in [-0.3, -0.25) is 9.59 Å². The van der Waals surface area contributed by atoms with Crippen LogP contribution in [0.3, 0.4) is 0 Å². The Hall–Kier alpha value is -2.10. The molecule has 1 aromatic carbocycles. The third-order valence-corrected chi connectivity index (χ3v) is 3.22. The van der Waals surface area contributed by atoms with E-state index in [-0.39, 0.29) is 17.9 Å². The number of hydrogen-bond donors (Lipinski definition) is 0. The predicted molar refractivity (Wildman–Crippen MR) is 74.2 cm³/mol. The summed E-state index contributed by atoms with van der Waals surface area (Å²) in [6.07, 6.45) is 0.643. The van der Waals surface area contributed by atoms with Gasteiger partial charge in [-0.15, -0.1) is 0 Å². The number of methoxy groups -OCH3 is 1. The van der Waals surface area contributed by atoms with E-state index >= 15 is 0 Å². The van der Waals surface area contributed by atoms with Crippen LogP contribution in [0.5, 0.6) is 0 Å². The number of benzene rings is 1. The van der Waals surface area contributed by atoms with Gasteiger partial charge in [0.05, 0.1) is 12.6 Å². The molecule has 0 aliphatic rings. The Balaban J connectivity index is 2.47. The molecule has 2 aromatic rings. The van der Waals surface area contributed by atoms with Crippen molar-refractivity contribution in [1.29, 1.82) is 0 Å². The molecule has 0 aliphatic carbocycles. The number of hydrogen-bond acceptors (Lipinski definition) is 3. The fraction of sp³-hybridized carbons (Fsp3) is 0.333. The zero-order chi connectivity index (χ0) is 13.8. The minimum atomic E-state index is -0.296. The summed E-state index contributed by atoms with van der Waals surface area (Å²) in [5, 5.41) is 1.02. The fourth-order valence-corrected chi connectivity index (χ4v) is 2.22. The Morgan fingerprint density at radius 3 is 2.74 bits per heavy atom. The normalized spacial score (nSPS) is 10.6. The van der Waals surface area contributed by atoms with E-state index in [1.165, 1.54) is 7.11 Å². The number of aromatic nitrogens is 1. The van der Waals surface area contributed by atoms with Gasteiger partial charge < -0.3 is 9.30 Å². The highest BCUT2D eigenvalue weighted by Gasteiger charge is 2.09. The second-order valence-corrected chi connectivity index (χ2v) is 4.35. The molecule has 0 spiro atoms. The van der Waals surface area contributed by atoms with Gasteiger partial charge in [0.15, 0.2) is 0 Å². The van der Waals surface area contributed by atoms with E-state index in [9.17, 15) is 9.59 Å². The van der Waals surface area contributed by atoms with Crippen LogP contribution in [0.2, 0.25) is 0 Å². The maximum absolute atomic E-state index is 12.3. The van der Waals surface area contributed by atoms with Crippen LogP contribution >= 0.6 is 0 Å². The van der Waals surface area contributed by atoms with Gasteiger partial charge in [0.2, 0.25) is 0 Å². The largest absolute Gasteiger partial charge is 0.469 e. The third-order valence-electron chi connectivity index (χ3n) is 3.22. The summed E-state index contributed by atoms with van der Waals surface area (Å²) in [6.45, 7) is 2.56. The zero-order valence-corrected chi connectivity index (χ0v) is 11.2. The Bertz CT molecular complexity index is 658. The van der Waals surface area contributed by atoms with Gasteiger partial charge in [0, 0.05) is 18.5 Å². The molecule has 0 atom stereocenters. The third kappa shape index (κ3) is 2.67. The van der Waals surface area contributed by atoms with Crippen molar-refractivity contribution in [3.05, 3.63) is 46.2 Å². The molecule has 19 heavy (non-hydrogen) atoms. The molecule has 0 N–H and O–H groups in total. The van der Waals surface area contributed by atoms with Gasteiger partial charge in [-0.1, -0.05) is 18.2 Å². The van der Waals surface area contributed by atoms with E-state index in [0.717, 1.165) is 10.9 Å². The van der Waals surface area contributed by atoms with E-state index in [0.29, 0.717) is 18.5 Å². The molecule has 2 rings (SSSR count). The van der Waals surface area contributed by atoms with Crippen molar-refractivity contribution in [2.75, 3.05) is 7.11 Å². The molecule has 0 bridgehead atoms. The van der Waals surface area contributed by atoms with Gasteiger partial charge in [0.1, 0.15) is 0 Å². The minimum Gasteiger partial charge on any atom is -0.469 e. The van der Waals surface area contributed by atoms with Gasteiger partial charge >= 0.3 is 5.97 Å². The van der Waals surface area contributed by atoms with Crippen LogP contribution < -0.4 is 5.56 Å². The van der Waals surface area contributed by atoms with E-state index in [1.807, 2.05) is 37.3 Å². The summed E-state index contributed by atoms with van der Waals surface area (Å²) in [7, 11) is 1.35. The number of ether oxygens (including phenoxy) is 1. The second-order valence-electron chi connectivity index (χ2n) is 4.35. The van der Waals surface area contributed by atoms with Gasteiger partial charge in [-0.2, -0.15) is 0 Å². The second kappa shape index (κ2) is 5.69. The first-order valence-corrected chi connectivity index (χ1v) is 6.35. The Morgan fingerprint density at radius 2 is 2.05 bits per heavy atom. The lowest BCUT2D eigenvalue weighted by atomic mass is 10.1. The van der Waals surface area contributed by atoms with E-state index in [1.54, 1.807) is 4.57 Å². The molecule has 1 heterocycles. The number of fused-ring (bicyclic) bond motifs is 1. The van der Waals surface area contributed by atoms with Crippen molar-refractivity contribution in [2.45, 2.75) is 26.3 Å². The number of nitrogens with zero attached hydrogens (tertiary/aromatic N) is 1. The lowest BCUT2D eigenvalue weighted by molar-refractivity contribution is -0.140. The summed E-state index contributed by atoms with van der Waals surface area (Å²) in [4.78, 5) is 23.5. The number of carbonyl (C=O) groups excluding carboxylic acids is 1. The summed E-state index contributed by atoms with van der Waals surface area (Å²) >= 11 is 0. The quantitative estimate of drug-likeness (QED) is 0.790. The minimum absolute atomic E-state index is 0.0231. The number of rotatable bonds is 4. The molecule has 4 heteroatoms. The number of carbonyl (C=O) groups is 1. The molecule has 0 aliphatic heterocycles. The van der Waals surface area contributed by atoms with Crippen LogP contribution in [-0.4, -0.2) is 17.6 Å². The number of esters is 1. The lowest BCUT2D eigenvalue weighted by Crippen LogP contribution is -2.24. The Labute approximate surface area is 111 Å². The lowest BCUT2D eigenvalue weighted by Gasteiger charge is -2.10. The maximum Gasteiger partial charge on any atom is 0.305 e. The maximum atomic E-state index is 12.3. The van der Waals surface area contributed by atoms with Crippen molar-refractivity contribution in [2.24, 2.45) is 0 Å². The molecule has 0 saturated heterocycles. The fourth-order valence-electron chi connectivity index (χ4n) is 2.22. The van der Waals surface area contributed by atoms with Gasteiger partial charge in [0.25, 0.3) is 5.56 Å². The average molecular weight is 259 g/mol. The smallest absolute Gasteiger partial charge is 0.305 e. The van der Waals surface area contributed by atoms with Crippen LogP contribution in [0.25, 0.3) is 10.9 Å². The highest BCUT2D eigenvalue weighted by atomic mass is 16.5. The molecular weight excluding hydrogens is 242 g/mol. The topological polar surface area (TPSA) is 48.3 Å². The molecular formula is C15H17NO3. The summed E-state index contributed by atoms with van der Waals surface area (Å²) in [5.74, 6) is -0.296. The average Bonchev–Trinajstić information content (AvgIpc) is 2.44. The highest BCUT2D eigenvalue weighted by Crippen LogP contribution is 2.14. The molecule has 100 valence electrons. The summed E-state index contributed by atoms with van der Waals surface area (Å²) in [6, 6.07) is 9.64. The number of para-hydroxylation sites is 1. The van der Waals surface area contributed by atoms with Gasteiger partial charge in [-0.05, 0) is 30.9 Å². The first-order chi connectivity index (χ1) is 9.17. The summed E-state index contributed by atoms with van der Waals surface area (Å²) in [5.41, 5.74) is 1.56. The summed E-state index contributed by atoms with van der Waals surface area (Å²) < 4.78 is 6.35. The van der Waals surface area contributed by atoms with Crippen LogP contribution in [0.4, 0.5) is 0 Å².